The number of carbonyl (C=O) groups excluding carboxylic acids is 2. The lowest BCUT2D eigenvalue weighted by molar-refractivity contribution is -0.207. The predicted octanol–water partition coefficient (Wildman–Crippen LogP) is 8.97. The molecule has 0 aliphatic heterocycles. The van der Waals surface area contributed by atoms with Crippen LogP contribution in [-0.2, 0) is 14.3 Å². The van der Waals surface area contributed by atoms with Gasteiger partial charge in [0.25, 0.3) is 0 Å². The number of aliphatic carboxylic acids is 1. The summed E-state index contributed by atoms with van der Waals surface area (Å²) in [5.41, 5.74) is 4.69. The lowest BCUT2D eigenvalue weighted by Crippen LogP contribution is -2.62. The fraction of sp³-hybridized carbons (Fsp3) is 0.727. The normalized spacial score (nSPS) is 42.1. The molecule has 0 aromatic heterocycles. The number of nitrogens with one attached hydrogen (secondary N) is 1. The van der Waals surface area contributed by atoms with Crippen molar-refractivity contribution in [3.05, 3.63) is 52.6 Å². The Bertz CT molecular complexity index is 2160. The van der Waals surface area contributed by atoms with E-state index in [1.54, 1.807) is 0 Å². The zero-order chi connectivity index (χ0) is 46.2. The van der Waals surface area contributed by atoms with Crippen LogP contribution in [0.2, 0.25) is 0 Å². The summed E-state index contributed by atoms with van der Waals surface area (Å²) in [6.45, 7) is 11.9. The van der Waals surface area contributed by atoms with Crippen LogP contribution in [0, 0.1) is 75.4 Å². The van der Waals surface area contributed by atoms with E-state index in [0.717, 1.165) is 63.5 Å². The van der Waals surface area contributed by atoms with Crippen LogP contribution in [0.25, 0.3) is 0 Å². The molecule has 0 radical (unpaired) electrons. The largest absolute Gasteiger partial charge is 0.481 e. The molecular weight excluding hydrogens is 817 g/mol. The summed E-state index contributed by atoms with van der Waals surface area (Å²) in [6.07, 6.45) is 12.5. The molecule has 0 saturated heterocycles. The van der Waals surface area contributed by atoms with Crippen LogP contribution in [0.15, 0.2) is 47.1 Å². The molecule has 1 aromatic carbocycles. The van der Waals surface area contributed by atoms with Crippen molar-refractivity contribution < 1.29 is 39.5 Å². The minimum atomic E-state index is -1.01. The van der Waals surface area contributed by atoms with Crippen LogP contribution in [-0.4, -0.2) is 82.3 Å². The van der Waals surface area contributed by atoms with Gasteiger partial charge in [-0.05, 0) is 190 Å². The minimum absolute atomic E-state index is 0.0548. The highest BCUT2D eigenvalue weighted by molar-refractivity contribution is 5.93. The first kappa shape index (κ1) is 46.5. The van der Waals surface area contributed by atoms with Gasteiger partial charge in [-0.2, -0.15) is 0 Å². The second kappa shape index (κ2) is 17.5. The molecule has 9 rings (SSSR count). The van der Waals surface area contributed by atoms with E-state index in [0.29, 0.717) is 63.5 Å². The molecule has 0 bridgehead atoms. The van der Waals surface area contributed by atoms with Gasteiger partial charge in [0.05, 0.1) is 12.2 Å². The summed E-state index contributed by atoms with van der Waals surface area (Å²) >= 11 is 0. The monoisotopic (exact) mass is 893 g/mol. The summed E-state index contributed by atoms with van der Waals surface area (Å²) in [7, 11) is 2.04. The number of aliphatic hydroxyl groups excluding tert-OH is 2. The number of amides is 1. The van der Waals surface area contributed by atoms with E-state index in [4.69, 9.17) is 4.74 Å². The van der Waals surface area contributed by atoms with Crippen LogP contribution in [0.1, 0.15) is 149 Å². The number of carboxylic acid groups (broad SMARTS) is 1. The summed E-state index contributed by atoms with van der Waals surface area (Å²) in [6, 6.07) is 8.81. The number of fused-ring (bicyclic) bond motifs is 9. The number of aliphatic hydroxyl groups is 3. The first-order valence-corrected chi connectivity index (χ1v) is 25.4. The number of ether oxygens (including phenoxy) is 1. The Labute approximate surface area is 387 Å². The molecule has 16 atom stereocenters. The average molecular weight is 893 g/mol. The van der Waals surface area contributed by atoms with Crippen LogP contribution >= 0.6 is 0 Å². The standard InChI is InChI=1S/C55H76N2O8/c1-7-22-55(64)24-21-43-40-15-11-34-27-37(58)14-16-39(34)49(40)41(31-53(43,55)4)33-9-12-36(13-10-33)57(6)26-25-56-51(63)65-38-20-23-52(3)35(28-38)29-46(59)50-44-18-17-42(32(2)8-19-48(61)62)54(44,5)47(60)30-45(50)52/h9-10,12-13,27,32,35,38,40-47,50,59-60,64H,8,11,14-21,23-26,28-31H2,1-6H3,(H,56,63)(H,61,62)/t32-,35+,38-,40+,41-,42-,43+,44+,45+,46-,47+,50+,52+,53+,54-,55+/m1/s1. The number of allylic oxidation sites excluding steroid dienone is 4. The zero-order valence-corrected chi connectivity index (χ0v) is 39.9. The molecule has 10 nitrogen and oxygen atoms in total. The molecule has 10 heteroatoms. The molecule has 6 saturated carbocycles. The van der Waals surface area contributed by atoms with Crippen molar-refractivity contribution >= 4 is 23.5 Å². The van der Waals surface area contributed by atoms with E-state index >= 15 is 0 Å². The van der Waals surface area contributed by atoms with Gasteiger partial charge in [-0.1, -0.05) is 51.3 Å². The molecule has 354 valence electrons. The minimum Gasteiger partial charge on any atom is -0.481 e. The lowest BCUT2D eigenvalue weighted by atomic mass is 9.43. The number of rotatable bonds is 10. The van der Waals surface area contributed by atoms with Crippen molar-refractivity contribution in [1.29, 1.82) is 0 Å². The van der Waals surface area contributed by atoms with E-state index in [1.165, 1.54) is 22.3 Å². The number of carboxylic acids is 1. The number of likely N-dealkylation sites (N-methyl/N-ethyl adjacent to an activating group) is 1. The lowest BCUT2D eigenvalue weighted by Gasteiger charge is -2.63. The second-order valence-corrected chi connectivity index (χ2v) is 23.0. The van der Waals surface area contributed by atoms with Crippen molar-refractivity contribution in [3.63, 3.8) is 0 Å². The van der Waals surface area contributed by atoms with Gasteiger partial charge in [-0.15, -0.1) is 5.92 Å². The Morgan fingerprint density at radius 1 is 0.954 bits per heavy atom. The SMILES string of the molecule is CC#C[C@]1(O)CC[C@H]2[C@@H]3CCC4=CC(=O)CCC4=C3[C@@H](c3ccc(N(C)CCNC(=O)O[C@@H]4CC[C@@]5(C)[C@@H](C4)C[C@@H](O)[C@@H]4[C@@H]5C[C@H](O)[C@]5(C)[C@@H]([C@H](C)CCC(=O)O)CC[C@@H]45)cc3)C[C@@]21C. The predicted molar refractivity (Wildman–Crippen MR) is 251 cm³/mol. The highest BCUT2D eigenvalue weighted by Crippen LogP contribution is 2.69. The number of ketones is 1. The summed E-state index contributed by atoms with van der Waals surface area (Å²) in [5.74, 6) is 7.82. The highest BCUT2D eigenvalue weighted by Gasteiger charge is 2.66. The third-order valence-corrected chi connectivity index (χ3v) is 20.3. The molecule has 1 amide bonds. The zero-order valence-electron chi connectivity index (χ0n) is 39.9. The van der Waals surface area contributed by atoms with Gasteiger partial charge in [0.15, 0.2) is 5.78 Å². The molecule has 8 aliphatic carbocycles. The Hall–Kier alpha value is -3.65. The second-order valence-electron chi connectivity index (χ2n) is 23.0. The fourth-order valence-corrected chi connectivity index (χ4v) is 16.8. The van der Waals surface area contributed by atoms with Crippen molar-refractivity contribution in [2.45, 2.75) is 167 Å². The number of nitrogens with zero attached hydrogens (tertiary/aromatic N) is 1. The van der Waals surface area contributed by atoms with E-state index in [9.17, 15) is 34.8 Å². The van der Waals surface area contributed by atoms with E-state index in [2.05, 4.69) is 74.0 Å². The van der Waals surface area contributed by atoms with E-state index < -0.39 is 29.9 Å². The summed E-state index contributed by atoms with van der Waals surface area (Å²) in [5, 5.41) is 48.2. The number of hydrogen-bond donors (Lipinski definition) is 5. The maximum atomic E-state index is 13.3. The van der Waals surface area contributed by atoms with Crippen molar-refractivity contribution in [3.8, 4) is 11.8 Å². The van der Waals surface area contributed by atoms with Gasteiger partial charge in [0.2, 0.25) is 0 Å². The van der Waals surface area contributed by atoms with E-state index in [1.807, 2.05) is 20.0 Å². The third kappa shape index (κ3) is 7.80. The first-order chi connectivity index (χ1) is 30.9. The Morgan fingerprint density at radius 2 is 1.72 bits per heavy atom. The third-order valence-electron chi connectivity index (χ3n) is 20.3. The quantitative estimate of drug-likeness (QED) is 0.145. The maximum absolute atomic E-state index is 13.3. The molecule has 8 aliphatic rings. The Kier molecular flexibility index (Phi) is 12.5. The first-order valence-electron chi connectivity index (χ1n) is 25.4. The number of alkyl carbamates (subject to hydrolysis) is 1. The van der Waals surface area contributed by atoms with Gasteiger partial charge >= 0.3 is 12.1 Å². The van der Waals surface area contributed by atoms with Crippen LogP contribution < -0.4 is 10.2 Å². The maximum Gasteiger partial charge on any atom is 0.407 e. The van der Waals surface area contributed by atoms with Gasteiger partial charge in [0, 0.05) is 50.0 Å². The van der Waals surface area contributed by atoms with Crippen LogP contribution in [0.3, 0.4) is 0 Å². The number of anilines is 1. The number of carbonyl (C=O) groups is 3. The fourth-order valence-electron chi connectivity index (χ4n) is 16.8. The molecule has 0 heterocycles. The van der Waals surface area contributed by atoms with Crippen molar-refractivity contribution in [2.24, 2.45) is 63.6 Å². The summed E-state index contributed by atoms with van der Waals surface area (Å²) in [4.78, 5) is 39.3. The van der Waals surface area contributed by atoms with Crippen molar-refractivity contribution in [2.75, 3.05) is 25.0 Å². The van der Waals surface area contributed by atoms with Crippen LogP contribution in [0.5, 0.6) is 0 Å². The molecule has 65 heavy (non-hydrogen) atoms. The topological polar surface area (TPSA) is 157 Å². The molecule has 0 spiro atoms. The summed E-state index contributed by atoms with van der Waals surface area (Å²) < 4.78 is 6.07. The van der Waals surface area contributed by atoms with Gasteiger partial charge in [-0.3, -0.25) is 9.59 Å². The van der Waals surface area contributed by atoms with Gasteiger partial charge in [-0.25, -0.2) is 4.79 Å². The van der Waals surface area contributed by atoms with Crippen molar-refractivity contribution in [1.82, 2.24) is 5.32 Å². The molecular formula is C55H76N2O8. The Balaban J connectivity index is 0.805. The highest BCUT2D eigenvalue weighted by atomic mass is 16.6. The average Bonchev–Trinajstić information content (AvgIpc) is 3.76. The Morgan fingerprint density at radius 3 is 2.46 bits per heavy atom. The number of hydrogen-bond acceptors (Lipinski definition) is 8. The van der Waals surface area contributed by atoms with Gasteiger partial charge in [0.1, 0.15) is 11.7 Å². The molecule has 0 unspecified atom stereocenters. The molecule has 1 aromatic rings. The molecule has 5 N–H and O–H groups in total. The molecule has 6 fully saturated rings. The smallest absolute Gasteiger partial charge is 0.407 e. The number of benzene rings is 1. The van der Waals surface area contributed by atoms with E-state index in [-0.39, 0.29) is 76.0 Å². The van der Waals surface area contributed by atoms with Crippen LogP contribution in [0.4, 0.5) is 10.5 Å². The van der Waals surface area contributed by atoms with Gasteiger partial charge < -0.3 is 35.4 Å².